The summed E-state index contributed by atoms with van der Waals surface area (Å²) in [5, 5.41) is 0. The van der Waals surface area contributed by atoms with Gasteiger partial charge in [0.15, 0.2) is 11.3 Å². The van der Waals surface area contributed by atoms with Crippen LogP contribution in [0.1, 0.15) is 20.3 Å². The van der Waals surface area contributed by atoms with Gasteiger partial charge in [-0.3, -0.25) is 29.1 Å². The van der Waals surface area contributed by atoms with E-state index in [1.54, 1.807) is 0 Å². The highest BCUT2D eigenvalue weighted by Gasteiger charge is 2.09. The second-order valence-electron chi connectivity index (χ2n) is 6.23. The summed E-state index contributed by atoms with van der Waals surface area (Å²) in [6.45, 7) is 4.53. The van der Waals surface area contributed by atoms with E-state index < -0.39 is 16.9 Å². The summed E-state index contributed by atoms with van der Waals surface area (Å²) < 4.78 is 1.21. The molecule has 0 bridgehead atoms. The fraction of sp³-hybridized carbons (Fsp3) is 0.333. The van der Waals surface area contributed by atoms with Crippen molar-refractivity contribution in [2.24, 2.45) is 5.92 Å². The Morgan fingerprint density at radius 1 is 0.926 bits per heavy atom. The predicted octanol–water partition coefficient (Wildman–Crippen LogP) is -0.601. The van der Waals surface area contributed by atoms with Crippen LogP contribution >= 0.6 is 0 Å². The summed E-state index contributed by atoms with van der Waals surface area (Å²) in [5.74, 6) is 0.448. The summed E-state index contributed by atoms with van der Waals surface area (Å²) in [6, 6.07) is 0. The first-order valence-corrected chi connectivity index (χ1v) is 8.18. The summed E-state index contributed by atoms with van der Waals surface area (Å²) in [6.07, 6.45) is 3.53. The largest absolute Gasteiger partial charge is 0.339 e. The molecule has 0 atom stereocenters. The molecule has 0 aromatic carbocycles. The second-order valence-corrected chi connectivity index (χ2v) is 6.23. The summed E-state index contributed by atoms with van der Waals surface area (Å²) >= 11 is 0. The van der Waals surface area contributed by atoms with E-state index >= 15 is 0 Å². The number of rotatable bonds is 3. The van der Waals surface area contributed by atoms with Gasteiger partial charge >= 0.3 is 11.4 Å². The third-order valence-electron chi connectivity index (χ3n) is 3.82. The molecule has 0 saturated carbocycles. The molecule has 4 aromatic heterocycles. The topological polar surface area (TPSA) is 178 Å². The maximum absolute atomic E-state index is 11.9. The fourth-order valence-corrected chi connectivity index (χ4v) is 2.40. The van der Waals surface area contributed by atoms with Crippen molar-refractivity contribution < 1.29 is 0 Å². The number of aromatic nitrogens is 8. The molecule has 0 aliphatic carbocycles. The fourth-order valence-electron chi connectivity index (χ4n) is 2.40. The monoisotopic (exact) mass is 374 g/mol. The minimum atomic E-state index is -0.547. The lowest BCUT2D eigenvalue weighted by molar-refractivity contribution is 0.496. The van der Waals surface area contributed by atoms with E-state index in [-0.39, 0.29) is 16.7 Å². The molecule has 142 valence electrons. The number of H-pyrrole nitrogens is 5. The smallest absolute Gasteiger partial charge is 0.330 e. The Balaban J connectivity index is 0.000000166. The van der Waals surface area contributed by atoms with Crippen molar-refractivity contribution in [1.82, 2.24) is 39.5 Å². The molecule has 0 amide bonds. The van der Waals surface area contributed by atoms with Crippen LogP contribution in [0.2, 0.25) is 0 Å². The lowest BCUT2D eigenvalue weighted by Gasteiger charge is -2.06. The SMILES string of the molecule is CC(C)CCn1c(=O)[nH]c2nc[nH]c2c1=O.O=c1[nH]c(=O)c2[nH]cnc2[nH]1. The van der Waals surface area contributed by atoms with Crippen molar-refractivity contribution in [3.63, 3.8) is 0 Å². The molecule has 12 nitrogen and oxygen atoms in total. The quantitative estimate of drug-likeness (QED) is 0.319. The van der Waals surface area contributed by atoms with Crippen LogP contribution in [0.25, 0.3) is 22.3 Å². The van der Waals surface area contributed by atoms with Gasteiger partial charge < -0.3 is 9.97 Å². The van der Waals surface area contributed by atoms with Crippen LogP contribution in [-0.4, -0.2) is 39.5 Å². The van der Waals surface area contributed by atoms with Crippen LogP contribution in [0, 0.1) is 5.92 Å². The number of nitrogens with one attached hydrogen (secondary N) is 5. The molecule has 0 spiro atoms. The lowest BCUT2D eigenvalue weighted by Crippen LogP contribution is -2.35. The number of hydrogen-bond acceptors (Lipinski definition) is 6. The van der Waals surface area contributed by atoms with Crippen molar-refractivity contribution in [2.75, 3.05) is 0 Å². The predicted molar refractivity (Wildman–Crippen MR) is 97.8 cm³/mol. The average Bonchev–Trinajstić information content (AvgIpc) is 3.24. The van der Waals surface area contributed by atoms with Gasteiger partial charge in [-0.1, -0.05) is 13.8 Å². The van der Waals surface area contributed by atoms with Gasteiger partial charge in [-0.25, -0.2) is 19.6 Å². The molecular formula is C15H18N8O4. The van der Waals surface area contributed by atoms with Gasteiger partial charge in [-0.2, -0.15) is 0 Å². The summed E-state index contributed by atoms with van der Waals surface area (Å²) in [4.78, 5) is 64.9. The summed E-state index contributed by atoms with van der Waals surface area (Å²) in [5.41, 5.74) is -0.486. The standard InChI is InChI=1S/C10H14N4O2.C5H4N4O2/c1-6(2)3-4-14-9(15)7-8(12-5-11-7)13-10(14)16;10-4-2-3(7-1-6-2)8-5(11)9-4/h5-6H,3-4H2,1-2H3,(H,11,12)(H,13,16);1H,(H3,6,7,8,9,10,11). The Morgan fingerprint density at radius 2 is 1.56 bits per heavy atom. The molecule has 4 rings (SSSR count). The van der Waals surface area contributed by atoms with Crippen LogP contribution < -0.4 is 22.5 Å². The number of imidazole rings is 2. The summed E-state index contributed by atoms with van der Waals surface area (Å²) in [7, 11) is 0. The Kier molecular flexibility index (Phi) is 4.88. The van der Waals surface area contributed by atoms with Crippen molar-refractivity contribution in [3.8, 4) is 0 Å². The Hall–Kier alpha value is -3.70. The van der Waals surface area contributed by atoms with Crippen molar-refractivity contribution in [1.29, 1.82) is 0 Å². The maximum Gasteiger partial charge on any atom is 0.330 e. The van der Waals surface area contributed by atoms with Gasteiger partial charge in [0.05, 0.1) is 12.7 Å². The highest BCUT2D eigenvalue weighted by molar-refractivity contribution is 5.68. The molecule has 27 heavy (non-hydrogen) atoms. The second kappa shape index (κ2) is 7.27. The Morgan fingerprint density at radius 3 is 2.22 bits per heavy atom. The van der Waals surface area contributed by atoms with Crippen LogP contribution in [0.4, 0.5) is 0 Å². The van der Waals surface area contributed by atoms with Crippen molar-refractivity contribution >= 4 is 22.3 Å². The van der Waals surface area contributed by atoms with Crippen LogP contribution in [-0.2, 0) is 6.54 Å². The first kappa shape index (κ1) is 18.1. The molecule has 0 unspecified atom stereocenters. The van der Waals surface area contributed by atoms with E-state index in [4.69, 9.17) is 0 Å². The van der Waals surface area contributed by atoms with Gasteiger partial charge in [0, 0.05) is 6.54 Å². The van der Waals surface area contributed by atoms with Crippen LogP contribution in [0.15, 0.2) is 31.8 Å². The van der Waals surface area contributed by atoms with E-state index in [1.165, 1.54) is 17.2 Å². The van der Waals surface area contributed by atoms with Crippen LogP contribution in [0.3, 0.4) is 0 Å². The first-order chi connectivity index (χ1) is 12.9. The van der Waals surface area contributed by atoms with Crippen molar-refractivity contribution in [3.05, 3.63) is 54.3 Å². The Labute approximate surface area is 149 Å². The van der Waals surface area contributed by atoms with E-state index in [0.717, 1.165) is 6.42 Å². The molecule has 0 aliphatic heterocycles. The van der Waals surface area contributed by atoms with Gasteiger partial charge in [0.2, 0.25) is 0 Å². The minimum absolute atomic E-state index is 0.277. The molecule has 5 N–H and O–H groups in total. The highest BCUT2D eigenvalue weighted by atomic mass is 16.2. The molecule has 0 saturated heterocycles. The zero-order valence-corrected chi connectivity index (χ0v) is 14.6. The van der Waals surface area contributed by atoms with Gasteiger partial charge in [0.25, 0.3) is 11.1 Å². The molecule has 4 aromatic rings. The Bertz CT molecular complexity index is 1300. The van der Waals surface area contributed by atoms with E-state index in [9.17, 15) is 19.2 Å². The highest BCUT2D eigenvalue weighted by Crippen LogP contribution is 2.01. The van der Waals surface area contributed by atoms with E-state index in [1.807, 2.05) is 13.8 Å². The van der Waals surface area contributed by atoms with E-state index in [2.05, 4.69) is 34.9 Å². The molecule has 0 radical (unpaired) electrons. The normalized spacial score (nSPS) is 11.1. The molecule has 0 fully saturated rings. The maximum atomic E-state index is 11.9. The van der Waals surface area contributed by atoms with Gasteiger partial charge in [-0.15, -0.1) is 0 Å². The molecule has 4 heterocycles. The molecular weight excluding hydrogens is 356 g/mol. The molecule has 12 heteroatoms. The third-order valence-corrected chi connectivity index (χ3v) is 3.82. The number of hydrogen-bond donors (Lipinski definition) is 5. The van der Waals surface area contributed by atoms with Gasteiger partial charge in [0.1, 0.15) is 11.0 Å². The number of aromatic amines is 5. The van der Waals surface area contributed by atoms with Crippen LogP contribution in [0.5, 0.6) is 0 Å². The van der Waals surface area contributed by atoms with E-state index in [0.29, 0.717) is 23.6 Å². The van der Waals surface area contributed by atoms with Crippen molar-refractivity contribution in [2.45, 2.75) is 26.8 Å². The number of fused-ring (bicyclic) bond motifs is 2. The van der Waals surface area contributed by atoms with Gasteiger partial charge in [-0.05, 0) is 12.3 Å². The molecule has 0 aliphatic rings. The lowest BCUT2D eigenvalue weighted by atomic mass is 10.1. The zero-order chi connectivity index (χ0) is 19.6. The number of nitrogens with zero attached hydrogens (tertiary/aromatic N) is 3. The third kappa shape index (κ3) is 3.78. The zero-order valence-electron chi connectivity index (χ0n) is 14.6. The first-order valence-electron chi connectivity index (χ1n) is 8.18. The minimum Gasteiger partial charge on any atom is -0.339 e. The average molecular weight is 374 g/mol.